The maximum Gasteiger partial charge on any atom is 0.129 e. The lowest BCUT2D eigenvalue weighted by Crippen LogP contribution is -2.16. The largest absolute Gasteiger partial charge is 0.130 e. The Morgan fingerprint density at radius 3 is 2.23 bits per heavy atom. The van der Waals surface area contributed by atoms with Crippen LogP contribution in [-0.2, 0) is 0 Å². The molecule has 1 unspecified atom stereocenters. The van der Waals surface area contributed by atoms with E-state index in [1.807, 2.05) is 24.3 Å². The molecule has 0 heterocycles. The minimum Gasteiger partial charge on any atom is -0.130 e. The van der Waals surface area contributed by atoms with Crippen molar-refractivity contribution in [1.82, 2.24) is 0 Å². The second-order valence-electron chi connectivity index (χ2n) is 7.30. The van der Waals surface area contributed by atoms with Gasteiger partial charge in [0.05, 0.1) is 0 Å². The Morgan fingerprint density at radius 2 is 1.50 bits per heavy atom. The summed E-state index contributed by atoms with van der Waals surface area (Å²) in [5.41, 5.74) is 5.71. The fraction of sp³-hybridized carbons (Fsp3) is 0.167. The van der Waals surface area contributed by atoms with Gasteiger partial charge in [0.15, 0.2) is 0 Å². The predicted molar refractivity (Wildman–Crippen MR) is 119 cm³/mol. The van der Waals surface area contributed by atoms with Crippen LogP contribution in [0.1, 0.15) is 17.0 Å². The third-order valence-electron chi connectivity index (χ3n) is 3.93. The van der Waals surface area contributed by atoms with Gasteiger partial charge in [-0.3, -0.25) is 0 Å². The number of rotatable bonds is 1. The highest BCUT2D eigenvalue weighted by Crippen LogP contribution is 2.25. The summed E-state index contributed by atoms with van der Waals surface area (Å²) in [4.78, 5) is 0. The molecule has 3 rings (SSSR count). The van der Waals surface area contributed by atoms with E-state index >= 15 is 0 Å². The first-order chi connectivity index (χ1) is 12.4. The van der Waals surface area contributed by atoms with Crippen LogP contribution in [-0.4, -0.2) is 8.07 Å². The molecule has 0 fully saturated rings. The molecular weight excluding hydrogens is 396 g/mol. The van der Waals surface area contributed by atoms with Crippen LogP contribution in [0.2, 0.25) is 19.6 Å². The van der Waals surface area contributed by atoms with Gasteiger partial charge in [0.1, 0.15) is 14.0 Å². The summed E-state index contributed by atoms with van der Waals surface area (Å²) in [7, 11) is -1.47. The predicted octanol–water partition coefficient (Wildman–Crippen LogP) is 6.62. The number of hydrogen-bond acceptors (Lipinski definition) is 0. The van der Waals surface area contributed by atoms with Crippen LogP contribution >= 0.6 is 15.9 Å². The zero-order valence-corrected chi connectivity index (χ0v) is 17.9. The van der Waals surface area contributed by atoms with Crippen molar-refractivity contribution >= 4 is 34.8 Å². The van der Waals surface area contributed by atoms with Gasteiger partial charge in [0.2, 0.25) is 0 Å². The van der Waals surface area contributed by atoms with Crippen molar-refractivity contribution in [3.63, 3.8) is 0 Å². The third kappa shape index (κ3) is 4.89. The zero-order chi connectivity index (χ0) is 18.6. The standard InChI is InChI=1S/C24H21BrSi/c1-26(2,3)18-17-21(14-11-19-12-15-22(25)16-13-19)24-10-6-8-20-7-4-5-9-23(20)24/h4-10,12-13,15-16,21H,1-3H3. The molecule has 0 aliphatic carbocycles. The van der Waals surface area contributed by atoms with Crippen molar-refractivity contribution in [3.05, 3.63) is 82.3 Å². The summed E-state index contributed by atoms with van der Waals surface area (Å²) in [5.74, 6) is 10.1. The third-order valence-corrected chi connectivity index (χ3v) is 5.35. The highest BCUT2D eigenvalue weighted by atomic mass is 79.9. The van der Waals surface area contributed by atoms with Gasteiger partial charge in [-0.2, -0.15) is 0 Å². The normalized spacial score (nSPS) is 11.8. The molecule has 26 heavy (non-hydrogen) atoms. The van der Waals surface area contributed by atoms with Crippen molar-refractivity contribution in [3.8, 4) is 23.3 Å². The summed E-state index contributed by atoms with van der Waals surface area (Å²) in [5, 5.41) is 2.46. The van der Waals surface area contributed by atoms with Gasteiger partial charge < -0.3 is 0 Å². The molecular formula is C24H21BrSi. The van der Waals surface area contributed by atoms with Crippen LogP contribution in [0.5, 0.6) is 0 Å². The van der Waals surface area contributed by atoms with E-state index in [2.05, 4.69) is 101 Å². The Bertz CT molecular complexity index is 1030. The van der Waals surface area contributed by atoms with E-state index in [0.717, 1.165) is 10.0 Å². The van der Waals surface area contributed by atoms with Crippen LogP contribution in [0.15, 0.2) is 71.2 Å². The molecule has 0 aromatic heterocycles. The van der Waals surface area contributed by atoms with Crippen LogP contribution < -0.4 is 0 Å². The fourth-order valence-corrected chi connectivity index (χ4v) is 3.51. The lowest BCUT2D eigenvalue weighted by molar-refractivity contribution is 1.19. The summed E-state index contributed by atoms with van der Waals surface area (Å²) < 4.78 is 1.06. The number of fused-ring (bicyclic) bond motifs is 1. The molecule has 0 aliphatic rings. The first-order valence-corrected chi connectivity index (χ1v) is 13.0. The van der Waals surface area contributed by atoms with Crippen LogP contribution in [0.25, 0.3) is 10.8 Å². The van der Waals surface area contributed by atoms with E-state index < -0.39 is 8.07 Å². The maximum absolute atomic E-state index is 3.51. The van der Waals surface area contributed by atoms with Gasteiger partial charge in [-0.25, -0.2) is 0 Å². The first kappa shape index (κ1) is 18.5. The number of halogens is 1. The average molecular weight is 417 g/mol. The minimum absolute atomic E-state index is 0.0866. The van der Waals surface area contributed by atoms with Crippen LogP contribution in [0, 0.1) is 23.3 Å². The van der Waals surface area contributed by atoms with E-state index in [9.17, 15) is 0 Å². The second-order valence-corrected chi connectivity index (χ2v) is 13.0. The minimum atomic E-state index is -1.47. The summed E-state index contributed by atoms with van der Waals surface area (Å²) >= 11 is 3.47. The molecule has 0 saturated heterocycles. The van der Waals surface area contributed by atoms with E-state index in [1.54, 1.807) is 0 Å². The second kappa shape index (κ2) is 7.96. The van der Waals surface area contributed by atoms with Crippen LogP contribution in [0.3, 0.4) is 0 Å². The van der Waals surface area contributed by atoms with Gasteiger partial charge >= 0.3 is 0 Å². The Labute approximate surface area is 165 Å². The van der Waals surface area contributed by atoms with Gasteiger partial charge in [-0.1, -0.05) is 95.8 Å². The lowest BCUT2D eigenvalue weighted by atomic mass is 9.94. The first-order valence-electron chi connectivity index (χ1n) is 8.70. The SMILES string of the molecule is C[Si](C)(C)C#CC(C#Cc1ccc(Br)cc1)c1cccc2ccccc12. The van der Waals surface area contributed by atoms with Crippen molar-refractivity contribution in [1.29, 1.82) is 0 Å². The molecule has 0 N–H and O–H groups in total. The molecule has 0 radical (unpaired) electrons. The summed E-state index contributed by atoms with van der Waals surface area (Å²) in [6.07, 6.45) is 0. The van der Waals surface area contributed by atoms with Crippen LogP contribution in [0.4, 0.5) is 0 Å². The topological polar surface area (TPSA) is 0 Å². The summed E-state index contributed by atoms with van der Waals surface area (Å²) in [6, 6.07) is 23.0. The Balaban J connectivity index is 2.09. The monoisotopic (exact) mass is 416 g/mol. The molecule has 0 saturated carbocycles. The van der Waals surface area contributed by atoms with Gasteiger partial charge in [0.25, 0.3) is 0 Å². The smallest absolute Gasteiger partial charge is 0.129 e. The molecule has 2 heteroatoms. The molecule has 128 valence electrons. The Morgan fingerprint density at radius 1 is 0.808 bits per heavy atom. The van der Waals surface area contributed by atoms with E-state index in [0.29, 0.717) is 0 Å². The van der Waals surface area contributed by atoms with Crippen molar-refractivity contribution in [2.75, 3.05) is 0 Å². The molecule has 0 aliphatic heterocycles. The van der Waals surface area contributed by atoms with Gasteiger partial charge in [0, 0.05) is 10.0 Å². The van der Waals surface area contributed by atoms with Crippen molar-refractivity contribution < 1.29 is 0 Å². The molecule has 3 aromatic carbocycles. The summed E-state index contributed by atoms with van der Waals surface area (Å²) in [6.45, 7) is 6.80. The van der Waals surface area contributed by atoms with E-state index in [-0.39, 0.29) is 5.92 Å². The maximum atomic E-state index is 3.51. The average Bonchev–Trinajstić information content (AvgIpc) is 2.62. The highest BCUT2D eigenvalue weighted by molar-refractivity contribution is 9.10. The quantitative estimate of drug-likeness (QED) is 0.308. The number of benzene rings is 3. The van der Waals surface area contributed by atoms with E-state index in [4.69, 9.17) is 0 Å². The van der Waals surface area contributed by atoms with Gasteiger partial charge in [-0.05, 0) is 40.6 Å². The Kier molecular flexibility index (Phi) is 5.67. The Hall–Kier alpha value is -2.26. The zero-order valence-electron chi connectivity index (χ0n) is 15.3. The van der Waals surface area contributed by atoms with Crippen molar-refractivity contribution in [2.45, 2.75) is 25.6 Å². The fourth-order valence-electron chi connectivity index (χ4n) is 2.67. The van der Waals surface area contributed by atoms with Gasteiger partial charge in [-0.15, -0.1) is 5.54 Å². The molecule has 0 bridgehead atoms. The van der Waals surface area contributed by atoms with Crippen molar-refractivity contribution in [2.24, 2.45) is 0 Å². The van der Waals surface area contributed by atoms with E-state index in [1.165, 1.54) is 16.3 Å². The lowest BCUT2D eigenvalue weighted by Gasteiger charge is -2.10. The molecule has 3 aromatic rings. The molecule has 0 amide bonds. The number of hydrogen-bond donors (Lipinski definition) is 0. The highest BCUT2D eigenvalue weighted by Gasteiger charge is 2.12. The molecule has 0 spiro atoms. The molecule has 1 atom stereocenters. The molecule has 0 nitrogen and oxygen atoms in total.